The molecule has 2 aromatic carbocycles. The van der Waals surface area contributed by atoms with Crippen LogP contribution < -0.4 is 0 Å². The van der Waals surface area contributed by atoms with Crippen LogP contribution in [0.1, 0.15) is 28.6 Å². The maximum Gasteiger partial charge on any atom is 0.338 e. The van der Waals surface area contributed by atoms with Crippen molar-refractivity contribution in [2.24, 2.45) is 0 Å². The number of fused-ring (bicyclic) bond motifs is 1. The molecule has 0 fully saturated rings. The van der Waals surface area contributed by atoms with Gasteiger partial charge >= 0.3 is 5.97 Å². The largest absolute Gasteiger partial charge is 0.462 e. The molecule has 25 heavy (non-hydrogen) atoms. The third-order valence-corrected chi connectivity index (χ3v) is 4.76. The Morgan fingerprint density at radius 1 is 1.24 bits per heavy atom. The number of rotatable bonds is 5. The number of carbonyl (C=O) groups excluding carboxylic acids is 1. The van der Waals surface area contributed by atoms with E-state index in [0.717, 1.165) is 22.1 Å². The van der Waals surface area contributed by atoms with E-state index in [-0.39, 0.29) is 23.5 Å². The molecule has 0 spiro atoms. The molecule has 6 heteroatoms. The lowest BCUT2D eigenvalue weighted by atomic mass is 10.1. The zero-order valence-electron chi connectivity index (χ0n) is 13.8. The number of furan rings is 1. The number of carbonyl (C=O) groups is 1. The highest BCUT2D eigenvalue weighted by Gasteiger charge is 2.20. The first-order valence-electron chi connectivity index (χ1n) is 7.77. The van der Waals surface area contributed by atoms with E-state index in [4.69, 9.17) is 9.15 Å². The lowest BCUT2D eigenvalue weighted by Gasteiger charge is -2.10. The maximum absolute atomic E-state index is 14.3. The van der Waals surface area contributed by atoms with Gasteiger partial charge in [0.2, 0.25) is 0 Å². The average molecular weight is 362 g/mol. The summed E-state index contributed by atoms with van der Waals surface area (Å²) in [6.07, 6.45) is 0. The number of hydrogen-bond donors (Lipinski definition) is 0. The van der Waals surface area contributed by atoms with Gasteiger partial charge in [0.25, 0.3) is 0 Å². The number of benzene rings is 2. The van der Waals surface area contributed by atoms with E-state index >= 15 is 0 Å². The highest BCUT2D eigenvalue weighted by atomic mass is 32.2. The molecule has 0 N–H and O–H groups in total. The molecule has 0 saturated heterocycles. The smallest absolute Gasteiger partial charge is 0.338 e. The fraction of sp³-hybridized carbons (Fsp3) is 0.211. The minimum atomic E-state index is -1.03. The van der Waals surface area contributed by atoms with E-state index in [1.807, 2.05) is 31.2 Å². The van der Waals surface area contributed by atoms with Gasteiger partial charge in [0, 0.05) is 16.7 Å². The zero-order valence-corrected chi connectivity index (χ0v) is 14.6. The van der Waals surface area contributed by atoms with E-state index in [1.165, 1.54) is 17.8 Å². The van der Waals surface area contributed by atoms with Gasteiger partial charge in [0.05, 0.1) is 17.1 Å². The van der Waals surface area contributed by atoms with Crippen molar-refractivity contribution in [3.8, 4) is 0 Å². The highest BCUT2D eigenvalue weighted by molar-refractivity contribution is 7.98. The van der Waals surface area contributed by atoms with Crippen molar-refractivity contribution in [1.82, 2.24) is 0 Å². The van der Waals surface area contributed by atoms with Crippen LogP contribution >= 0.6 is 11.8 Å². The lowest BCUT2D eigenvalue weighted by Crippen LogP contribution is -2.10. The van der Waals surface area contributed by atoms with Crippen LogP contribution in [0.25, 0.3) is 11.0 Å². The van der Waals surface area contributed by atoms with Crippen molar-refractivity contribution >= 4 is 28.7 Å². The standard InChI is InChI=1S/C19H16F2O3S/c1-3-23-19(22)13-7-8-15(20)17(21)14(13)10-25-16-6-4-5-12-9-11(2)24-18(12)16/h4-9H,3,10H2,1-2H3. The van der Waals surface area contributed by atoms with Gasteiger partial charge in [-0.2, -0.15) is 0 Å². The molecule has 0 aliphatic carbocycles. The Morgan fingerprint density at radius 3 is 2.80 bits per heavy atom. The predicted molar refractivity (Wildman–Crippen MR) is 92.8 cm³/mol. The fourth-order valence-electron chi connectivity index (χ4n) is 2.56. The molecule has 0 radical (unpaired) electrons. The average Bonchev–Trinajstić information content (AvgIpc) is 2.97. The Morgan fingerprint density at radius 2 is 2.04 bits per heavy atom. The summed E-state index contributed by atoms with van der Waals surface area (Å²) in [5.41, 5.74) is 0.722. The minimum Gasteiger partial charge on any atom is -0.462 e. The SMILES string of the molecule is CCOC(=O)c1ccc(F)c(F)c1CSc1cccc2cc(C)oc12. The summed E-state index contributed by atoms with van der Waals surface area (Å²) in [7, 11) is 0. The third kappa shape index (κ3) is 3.54. The second-order valence-corrected chi connectivity index (χ2v) is 6.45. The second-order valence-electron chi connectivity index (χ2n) is 5.43. The van der Waals surface area contributed by atoms with Crippen molar-refractivity contribution in [1.29, 1.82) is 0 Å². The summed E-state index contributed by atoms with van der Waals surface area (Å²) in [5, 5.41) is 0.938. The van der Waals surface area contributed by atoms with Gasteiger partial charge in [-0.25, -0.2) is 13.6 Å². The van der Waals surface area contributed by atoms with Crippen molar-refractivity contribution in [2.75, 3.05) is 6.61 Å². The first-order valence-corrected chi connectivity index (χ1v) is 8.75. The number of hydrogen-bond acceptors (Lipinski definition) is 4. The zero-order chi connectivity index (χ0) is 18.0. The van der Waals surface area contributed by atoms with Gasteiger partial charge in [0.15, 0.2) is 11.6 Å². The van der Waals surface area contributed by atoms with Gasteiger partial charge < -0.3 is 9.15 Å². The highest BCUT2D eigenvalue weighted by Crippen LogP contribution is 2.34. The summed E-state index contributed by atoms with van der Waals surface area (Å²) < 4.78 is 38.5. The Hall–Kier alpha value is -2.34. The first kappa shape index (κ1) is 17.5. The van der Waals surface area contributed by atoms with Crippen LogP contribution in [0.5, 0.6) is 0 Å². The molecular formula is C19H16F2O3S. The molecule has 1 aromatic heterocycles. The summed E-state index contributed by atoms with van der Waals surface area (Å²) in [5.74, 6) is -1.83. The second kappa shape index (κ2) is 7.27. The van der Waals surface area contributed by atoms with Crippen molar-refractivity contribution in [2.45, 2.75) is 24.5 Å². The molecule has 0 atom stereocenters. The topological polar surface area (TPSA) is 39.4 Å². The summed E-state index contributed by atoms with van der Waals surface area (Å²) >= 11 is 1.28. The van der Waals surface area contributed by atoms with Crippen molar-refractivity contribution < 1.29 is 22.7 Å². The predicted octanol–water partition coefficient (Wildman–Crippen LogP) is 5.49. The van der Waals surface area contributed by atoms with Crippen LogP contribution in [-0.2, 0) is 10.5 Å². The molecule has 0 bridgehead atoms. The molecule has 3 rings (SSSR count). The van der Waals surface area contributed by atoms with E-state index in [1.54, 1.807) is 6.92 Å². The molecule has 1 heterocycles. The van der Waals surface area contributed by atoms with Crippen molar-refractivity contribution in [3.05, 3.63) is 64.9 Å². The van der Waals surface area contributed by atoms with Crippen LogP contribution in [0.15, 0.2) is 45.7 Å². The van der Waals surface area contributed by atoms with Gasteiger partial charge in [-0.05, 0) is 38.1 Å². The van der Waals surface area contributed by atoms with Gasteiger partial charge in [0.1, 0.15) is 11.3 Å². The number of esters is 1. The quantitative estimate of drug-likeness (QED) is 0.444. The van der Waals surface area contributed by atoms with E-state index in [0.29, 0.717) is 5.58 Å². The molecule has 0 amide bonds. The molecule has 0 aliphatic heterocycles. The monoisotopic (exact) mass is 362 g/mol. The van der Waals surface area contributed by atoms with Crippen LogP contribution in [-0.4, -0.2) is 12.6 Å². The molecule has 3 aromatic rings. The van der Waals surface area contributed by atoms with Crippen molar-refractivity contribution in [3.63, 3.8) is 0 Å². The Labute approximate surface area is 148 Å². The summed E-state index contributed by atoms with van der Waals surface area (Å²) in [6.45, 7) is 3.67. The molecule has 0 aliphatic rings. The first-order chi connectivity index (χ1) is 12.0. The van der Waals surface area contributed by atoms with Gasteiger partial charge in [-0.1, -0.05) is 12.1 Å². The van der Waals surface area contributed by atoms with Gasteiger partial charge in [-0.15, -0.1) is 11.8 Å². The summed E-state index contributed by atoms with van der Waals surface area (Å²) in [4.78, 5) is 12.8. The van der Waals surface area contributed by atoms with E-state index < -0.39 is 17.6 Å². The number of aryl methyl sites for hydroxylation is 1. The van der Waals surface area contributed by atoms with E-state index in [9.17, 15) is 13.6 Å². The molecule has 130 valence electrons. The minimum absolute atomic E-state index is 0.0104. The molecular weight excluding hydrogens is 346 g/mol. The molecule has 0 saturated carbocycles. The number of para-hydroxylation sites is 1. The molecule has 3 nitrogen and oxygen atoms in total. The third-order valence-electron chi connectivity index (χ3n) is 3.69. The van der Waals surface area contributed by atoms with Crippen LogP contribution in [0, 0.1) is 18.6 Å². The Balaban J connectivity index is 1.94. The van der Waals surface area contributed by atoms with Gasteiger partial charge in [-0.3, -0.25) is 0 Å². The Kier molecular flexibility index (Phi) is 5.08. The van der Waals surface area contributed by atoms with E-state index in [2.05, 4.69) is 0 Å². The van der Waals surface area contributed by atoms with Crippen LogP contribution in [0.2, 0.25) is 0 Å². The number of thioether (sulfide) groups is 1. The Bertz CT molecular complexity index is 934. The van der Waals surface area contributed by atoms with Crippen LogP contribution in [0.4, 0.5) is 8.78 Å². The number of halogens is 2. The maximum atomic E-state index is 14.3. The summed E-state index contributed by atoms with van der Waals surface area (Å²) in [6, 6.07) is 9.73. The van der Waals surface area contributed by atoms with Crippen LogP contribution in [0.3, 0.4) is 0 Å². The number of ether oxygens (including phenoxy) is 1. The normalized spacial score (nSPS) is 11.0. The fourth-order valence-corrected chi connectivity index (χ4v) is 3.61. The lowest BCUT2D eigenvalue weighted by molar-refractivity contribution is 0.0524. The molecule has 0 unspecified atom stereocenters.